The third kappa shape index (κ3) is 1.79. The van der Waals surface area contributed by atoms with Gasteiger partial charge in [0, 0.05) is 12.0 Å². The number of nitrogens with one attached hydrogen (secondary N) is 1. The van der Waals surface area contributed by atoms with E-state index in [1.807, 2.05) is 6.92 Å². The molecule has 1 N–H and O–H groups in total. The van der Waals surface area contributed by atoms with Crippen LogP contribution in [0, 0.1) is 5.82 Å². The number of halogens is 1. The van der Waals surface area contributed by atoms with E-state index in [1.54, 1.807) is 18.2 Å². The van der Waals surface area contributed by atoms with Crippen LogP contribution >= 0.6 is 0 Å². The summed E-state index contributed by atoms with van der Waals surface area (Å²) < 4.78 is 18.4. The van der Waals surface area contributed by atoms with Gasteiger partial charge < -0.3 is 10.1 Å². The van der Waals surface area contributed by atoms with Gasteiger partial charge in [0.15, 0.2) is 0 Å². The zero-order valence-electron chi connectivity index (χ0n) is 8.42. The molecule has 1 aromatic rings. The lowest BCUT2D eigenvalue weighted by molar-refractivity contribution is 0.0916. The zero-order chi connectivity index (χ0) is 10.9. The number of ether oxygens (including phenoxy) is 1. The Hall–Kier alpha value is -1.58. The quantitative estimate of drug-likeness (QED) is 0.766. The smallest absolute Gasteiger partial charge is 0.407 e. The summed E-state index contributed by atoms with van der Waals surface area (Å²) in [5.41, 5.74) is 0.0872. The molecule has 1 atom stereocenters. The van der Waals surface area contributed by atoms with Gasteiger partial charge in [-0.1, -0.05) is 25.1 Å². The van der Waals surface area contributed by atoms with Gasteiger partial charge >= 0.3 is 6.09 Å². The first-order valence-electron chi connectivity index (χ1n) is 4.77. The van der Waals surface area contributed by atoms with Crippen LogP contribution in [0.4, 0.5) is 9.18 Å². The van der Waals surface area contributed by atoms with E-state index in [2.05, 4.69) is 5.32 Å². The standard InChI is InChI=1S/C11H12FNO2/c1-11(6-13-10(14)15-7-11)8-4-2-3-5-9(8)12/h2-5H,6-7H2,1H3,(H,13,14). The largest absolute Gasteiger partial charge is 0.449 e. The Morgan fingerprint density at radius 1 is 1.47 bits per heavy atom. The number of carbonyl (C=O) groups excluding carboxylic acids is 1. The molecular formula is C11H12FNO2. The number of carbonyl (C=O) groups is 1. The number of alkyl carbamates (subject to hydrolysis) is 1. The predicted octanol–water partition coefficient (Wildman–Crippen LogP) is 1.82. The van der Waals surface area contributed by atoms with Crippen molar-refractivity contribution >= 4 is 6.09 Å². The van der Waals surface area contributed by atoms with Crippen LogP contribution in [-0.2, 0) is 10.2 Å². The van der Waals surface area contributed by atoms with Crippen molar-refractivity contribution in [3.8, 4) is 0 Å². The van der Waals surface area contributed by atoms with Crippen LogP contribution in [-0.4, -0.2) is 19.2 Å². The molecule has 1 aromatic carbocycles. The van der Waals surface area contributed by atoms with Crippen molar-refractivity contribution in [2.75, 3.05) is 13.2 Å². The third-order valence-electron chi connectivity index (χ3n) is 2.67. The van der Waals surface area contributed by atoms with Crippen molar-refractivity contribution in [3.63, 3.8) is 0 Å². The van der Waals surface area contributed by atoms with Gasteiger partial charge in [0.05, 0.1) is 0 Å². The van der Waals surface area contributed by atoms with Crippen LogP contribution in [0.2, 0.25) is 0 Å². The van der Waals surface area contributed by atoms with Crippen LogP contribution in [0.1, 0.15) is 12.5 Å². The number of hydrogen-bond acceptors (Lipinski definition) is 2. The highest BCUT2D eigenvalue weighted by Gasteiger charge is 2.34. The van der Waals surface area contributed by atoms with Crippen LogP contribution < -0.4 is 5.32 Å². The molecule has 1 aliphatic rings. The Labute approximate surface area is 87.2 Å². The molecule has 0 spiro atoms. The Morgan fingerprint density at radius 3 is 2.80 bits per heavy atom. The monoisotopic (exact) mass is 209 g/mol. The maximum absolute atomic E-state index is 13.5. The summed E-state index contributed by atoms with van der Waals surface area (Å²) in [5.74, 6) is -0.264. The Bertz CT molecular complexity index is 382. The number of rotatable bonds is 1. The predicted molar refractivity (Wildman–Crippen MR) is 53.1 cm³/mol. The van der Waals surface area contributed by atoms with E-state index in [1.165, 1.54) is 6.07 Å². The van der Waals surface area contributed by atoms with Gasteiger partial charge in [-0.05, 0) is 11.6 Å². The summed E-state index contributed by atoms with van der Waals surface area (Å²) in [6, 6.07) is 6.55. The van der Waals surface area contributed by atoms with E-state index >= 15 is 0 Å². The molecule has 80 valence electrons. The van der Waals surface area contributed by atoms with Gasteiger partial charge in [-0.15, -0.1) is 0 Å². The van der Waals surface area contributed by atoms with Gasteiger partial charge in [0.1, 0.15) is 12.4 Å². The zero-order valence-corrected chi connectivity index (χ0v) is 8.42. The summed E-state index contributed by atoms with van der Waals surface area (Å²) >= 11 is 0. The summed E-state index contributed by atoms with van der Waals surface area (Å²) in [5, 5.41) is 2.57. The van der Waals surface area contributed by atoms with Gasteiger partial charge in [-0.25, -0.2) is 9.18 Å². The Morgan fingerprint density at radius 2 is 2.20 bits per heavy atom. The van der Waals surface area contributed by atoms with E-state index in [0.717, 1.165) is 0 Å². The minimum absolute atomic E-state index is 0.208. The minimum atomic E-state index is -0.487. The molecule has 3 nitrogen and oxygen atoms in total. The Kier molecular flexibility index (Phi) is 2.34. The molecule has 1 amide bonds. The molecule has 1 unspecified atom stereocenters. The maximum atomic E-state index is 13.5. The first-order chi connectivity index (χ1) is 7.12. The van der Waals surface area contributed by atoms with Crippen molar-refractivity contribution in [1.82, 2.24) is 5.32 Å². The minimum Gasteiger partial charge on any atom is -0.449 e. The maximum Gasteiger partial charge on any atom is 0.407 e. The van der Waals surface area contributed by atoms with Gasteiger partial charge in [0.2, 0.25) is 0 Å². The van der Waals surface area contributed by atoms with Crippen molar-refractivity contribution in [2.45, 2.75) is 12.3 Å². The van der Waals surface area contributed by atoms with Crippen LogP contribution in [0.25, 0.3) is 0 Å². The summed E-state index contributed by atoms with van der Waals surface area (Å²) in [4.78, 5) is 10.8. The summed E-state index contributed by atoms with van der Waals surface area (Å²) in [6.45, 7) is 2.47. The number of amides is 1. The van der Waals surface area contributed by atoms with Gasteiger partial charge in [-0.3, -0.25) is 0 Å². The van der Waals surface area contributed by atoms with Crippen molar-refractivity contribution in [1.29, 1.82) is 0 Å². The van der Waals surface area contributed by atoms with Crippen LogP contribution in [0.15, 0.2) is 24.3 Å². The molecule has 0 aliphatic carbocycles. The van der Waals surface area contributed by atoms with Crippen molar-refractivity contribution < 1.29 is 13.9 Å². The molecule has 1 fully saturated rings. The second-order valence-corrected chi connectivity index (χ2v) is 3.97. The lowest BCUT2D eigenvalue weighted by atomic mass is 9.82. The normalized spacial score (nSPS) is 25.6. The molecular weight excluding hydrogens is 197 g/mol. The second kappa shape index (κ2) is 3.53. The lowest BCUT2D eigenvalue weighted by Crippen LogP contribution is -2.48. The van der Waals surface area contributed by atoms with Crippen LogP contribution in [0.3, 0.4) is 0 Å². The van der Waals surface area contributed by atoms with E-state index in [-0.39, 0.29) is 12.4 Å². The fraction of sp³-hybridized carbons (Fsp3) is 0.364. The van der Waals surface area contributed by atoms with Crippen LogP contribution in [0.5, 0.6) is 0 Å². The highest BCUT2D eigenvalue weighted by Crippen LogP contribution is 2.27. The SMILES string of the molecule is CC1(c2ccccc2F)CNC(=O)OC1. The van der Waals surface area contributed by atoms with Gasteiger partial charge in [0.25, 0.3) is 0 Å². The summed E-state index contributed by atoms with van der Waals surface area (Å²) in [6.07, 6.45) is -0.441. The van der Waals surface area contributed by atoms with E-state index in [0.29, 0.717) is 12.1 Å². The molecule has 4 heteroatoms. The fourth-order valence-corrected chi connectivity index (χ4v) is 1.72. The topological polar surface area (TPSA) is 38.3 Å². The second-order valence-electron chi connectivity index (χ2n) is 3.97. The van der Waals surface area contributed by atoms with E-state index in [4.69, 9.17) is 4.74 Å². The summed E-state index contributed by atoms with van der Waals surface area (Å²) in [7, 11) is 0. The van der Waals surface area contributed by atoms with Gasteiger partial charge in [-0.2, -0.15) is 0 Å². The highest BCUT2D eigenvalue weighted by molar-refractivity contribution is 5.68. The Balaban J connectivity index is 2.30. The number of benzene rings is 1. The van der Waals surface area contributed by atoms with E-state index < -0.39 is 11.5 Å². The molecule has 2 rings (SSSR count). The highest BCUT2D eigenvalue weighted by atomic mass is 19.1. The molecule has 1 saturated heterocycles. The molecule has 0 aromatic heterocycles. The molecule has 15 heavy (non-hydrogen) atoms. The first kappa shape index (κ1) is 9.96. The molecule has 0 bridgehead atoms. The average molecular weight is 209 g/mol. The van der Waals surface area contributed by atoms with Crippen molar-refractivity contribution in [3.05, 3.63) is 35.6 Å². The molecule has 0 radical (unpaired) electrons. The molecule has 0 saturated carbocycles. The number of hydrogen-bond donors (Lipinski definition) is 1. The third-order valence-corrected chi connectivity index (χ3v) is 2.67. The fourth-order valence-electron chi connectivity index (χ4n) is 1.72. The van der Waals surface area contributed by atoms with E-state index in [9.17, 15) is 9.18 Å². The lowest BCUT2D eigenvalue weighted by Gasteiger charge is -2.33. The number of cyclic esters (lactones) is 1. The average Bonchev–Trinajstić information content (AvgIpc) is 2.23. The van der Waals surface area contributed by atoms with Crippen molar-refractivity contribution in [2.24, 2.45) is 0 Å². The first-order valence-corrected chi connectivity index (χ1v) is 4.77. The molecule has 1 heterocycles. The molecule has 1 aliphatic heterocycles.